The predicted molar refractivity (Wildman–Crippen MR) is 237 cm³/mol. The molecule has 11 aromatic rings. The third-order valence-corrected chi connectivity index (χ3v) is 13.1. The molecule has 0 N–H and O–H groups in total. The number of nitrogens with zero attached hydrogens (tertiary/aromatic N) is 3. The molecule has 0 aliphatic heterocycles. The summed E-state index contributed by atoms with van der Waals surface area (Å²) >= 11 is 1.86. The molecule has 4 heteroatoms. The van der Waals surface area contributed by atoms with Crippen LogP contribution < -0.4 is 0 Å². The van der Waals surface area contributed by atoms with Crippen molar-refractivity contribution in [3.8, 4) is 39.6 Å². The summed E-state index contributed by atoms with van der Waals surface area (Å²) in [5.41, 5.74) is 13.1. The molecule has 0 spiro atoms. The van der Waals surface area contributed by atoms with Crippen molar-refractivity contribution in [2.75, 3.05) is 0 Å². The summed E-state index contributed by atoms with van der Waals surface area (Å²) in [5.74, 6) is 0.652. The summed E-state index contributed by atoms with van der Waals surface area (Å²) < 4.78 is 4.85. The van der Waals surface area contributed by atoms with Gasteiger partial charge in [0.15, 0.2) is 0 Å². The molecular weight excluding hydrogens is 711 g/mol. The van der Waals surface area contributed by atoms with Gasteiger partial charge in [-0.25, -0.2) is 9.97 Å². The summed E-state index contributed by atoms with van der Waals surface area (Å²) in [7, 11) is 0. The lowest BCUT2D eigenvalue weighted by atomic mass is 9.67. The fourth-order valence-corrected chi connectivity index (χ4v) is 10.8. The number of fused-ring (bicyclic) bond motifs is 10. The molecule has 0 atom stereocenters. The molecule has 3 nitrogen and oxygen atoms in total. The first-order valence-electron chi connectivity index (χ1n) is 19.4. The molecular formula is C53H33N3S. The van der Waals surface area contributed by atoms with Crippen LogP contribution in [0.2, 0.25) is 0 Å². The molecule has 8 aromatic carbocycles. The van der Waals surface area contributed by atoms with Crippen LogP contribution >= 0.6 is 11.3 Å². The molecule has 3 heterocycles. The van der Waals surface area contributed by atoms with Gasteiger partial charge in [0.05, 0.1) is 27.8 Å². The van der Waals surface area contributed by atoms with Crippen molar-refractivity contribution in [3.05, 3.63) is 222 Å². The summed E-state index contributed by atoms with van der Waals surface area (Å²) in [5, 5.41) is 5.02. The van der Waals surface area contributed by atoms with E-state index in [0.29, 0.717) is 5.95 Å². The van der Waals surface area contributed by atoms with Crippen LogP contribution in [0.3, 0.4) is 0 Å². The van der Waals surface area contributed by atoms with Gasteiger partial charge in [-0.1, -0.05) is 170 Å². The summed E-state index contributed by atoms with van der Waals surface area (Å²) in [6, 6.07) is 72.4. The zero-order valence-corrected chi connectivity index (χ0v) is 31.6. The van der Waals surface area contributed by atoms with Crippen molar-refractivity contribution in [3.63, 3.8) is 0 Å². The maximum atomic E-state index is 5.52. The fourth-order valence-electron chi connectivity index (χ4n) is 9.49. The lowest BCUT2D eigenvalue weighted by Crippen LogP contribution is -2.28. The Kier molecular flexibility index (Phi) is 7.01. The fraction of sp³-hybridized carbons (Fsp3) is 0.0189. The van der Waals surface area contributed by atoms with Gasteiger partial charge < -0.3 is 0 Å². The second-order valence-corrected chi connectivity index (χ2v) is 15.9. The van der Waals surface area contributed by atoms with Gasteiger partial charge in [0.1, 0.15) is 0 Å². The van der Waals surface area contributed by atoms with E-state index < -0.39 is 5.41 Å². The molecule has 1 aliphatic rings. The van der Waals surface area contributed by atoms with Crippen LogP contribution in [0, 0.1) is 0 Å². The zero-order valence-electron chi connectivity index (χ0n) is 30.8. The second-order valence-electron chi connectivity index (χ2n) is 14.9. The highest BCUT2D eigenvalue weighted by Crippen LogP contribution is 2.56. The van der Waals surface area contributed by atoms with Crippen molar-refractivity contribution in [2.45, 2.75) is 5.41 Å². The molecule has 0 saturated carbocycles. The van der Waals surface area contributed by atoms with Crippen LogP contribution in [0.4, 0.5) is 0 Å². The Bertz CT molecular complexity index is 3310. The average Bonchev–Trinajstić information content (AvgIpc) is 3.93. The molecule has 57 heavy (non-hydrogen) atoms. The van der Waals surface area contributed by atoms with Crippen molar-refractivity contribution in [1.29, 1.82) is 0 Å². The van der Waals surface area contributed by atoms with Gasteiger partial charge >= 0.3 is 0 Å². The largest absolute Gasteiger partial charge is 0.278 e. The maximum absolute atomic E-state index is 5.52. The van der Waals surface area contributed by atoms with E-state index in [4.69, 9.17) is 9.97 Å². The average molecular weight is 744 g/mol. The van der Waals surface area contributed by atoms with Crippen molar-refractivity contribution in [1.82, 2.24) is 14.5 Å². The molecule has 0 fully saturated rings. The molecule has 0 unspecified atom stereocenters. The third-order valence-electron chi connectivity index (χ3n) is 11.9. The molecule has 12 rings (SSSR count). The Morgan fingerprint density at radius 1 is 0.421 bits per heavy atom. The Labute approximate surface area is 333 Å². The maximum Gasteiger partial charge on any atom is 0.235 e. The predicted octanol–water partition coefficient (Wildman–Crippen LogP) is 13.6. The van der Waals surface area contributed by atoms with Crippen LogP contribution in [0.25, 0.3) is 81.6 Å². The van der Waals surface area contributed by atoms with Gasteiger partial charge in [0.2, 0.25) is 5.95 Å². The molecule has 0 radical (unpaired) electrons. The Hall–Kier alpha value is -7.14. The van der Waals surface area contributed by atoms with E-state index in [-0.39, 0.29) is 0 Å². The molecule has 0 saturated heterocycles. The molecule has 1 aliphatic carbocycles. The SMILES string of the molecule is c1ccc(-c2cc(-c3ccc4c(c3)C(c3ccccc3)(c3ccccc3)c3ccccc3-4)nc(-n3c4ccccc4c4c5sc6ccccc6c5ccc43)n2)cc1. The molecule has 0 amide bonds. The first kappa shape index (κ1) is 32.1. The van der Waals surface area contributed by atoms with E-state index in [1.807, 2.05) is 11.3 Å². The first-order chi connectivity index (χ1) is 28.3. The quantitative estimate of drug-likeness (QED) is 0.176. The van der Waals surface area contributed by atoms with Crippen LogP contribution in [0.1, 0.15) is 22.3 Å². The minimum Gasteiger partial charge on any atom is -0.278 e. The van der Waals surface area contributed by atoms with Gasteiger partial charge in [-0.3, -0.25) is 4.57 Å². The molecule has 3 aromatic heterocycles. The Morgan fingerprint density at radius 3 is 1.81 bits per heavy atom. The topological polar surface area (TPSA) is 30.7 Å². The Balaban J connectivity index is 1.14. The lowest BCUT2D eigenvalue weighted by molar-refractivity contribution is 0.768. The van der Waals surface area contributed by atoms with E-state index in [9.17, 15) is 0 Å². The van der Waals surface area contributed by atoms with E-state index in [1.54, 1.807) is 0 Å². The van der Waals surface area contributed by atoms with Crippen LogP contribution in [0.5, 0.6) is 0 Å². The number of para-hydroxylation sites is 1. The number of hydrogen-bond acceptors (Lipinski definition) is 3. The van der Waals surface area contributed by atoms with E-state index in [0.717, 1.165) is 33.5 Å². The molecule has 0 bridgehead atoms. The highest BCUT2D eigenvalue weighted by Gasteiger charge is 2.46. The van der Waals surface area contributed by atoms with Crippen LogP contribution in [0.15, 0.2) is 200 Å². The van der Waals surface area contributed by atoms with Gasteiger partial charge in [-0.2, -0.15) is 0 Å². The van der Waals surface area contributed by atoms with Crippen LogP contribution in [-0.4, -0.2) is 14.5 Å². The number of rotatable bonds is 5. The number of hydrogen-bond donors (Lipinski definition) is 0. The zero-order chi connectivity index (χ0) is 37.5. The third kappa shape index (κ3) is 4.65. The summed E-state index contributed by atoms with van der Waals surface area (Å²) in [6.07, 6.45) is 0. The highest BCUT2D eigenvalue weighted by atomic mass is 32.1. The van der Waals surface area contributed by atoms with Gasteiger partial charge in [-0.15, -0.1) is 11.3 Å². The standard InChI is InChI=1S/C53H33N3S/c1-4-16-34(17-5-1)45-33-46(55-52(54-45)56-47-26-14-11-24-42(47)50-48(56)31-30-41-40-23-12-15-27-49(40)57-51(41)50)35-28-29-39-38-22-10-13-25-43(38)53(44(39)32-35,36-18-6-2-7-19-36)37-20-8-3-9-21-37/h1-33H. The minimum atomic E-state index is -0.509. The highest BCUT2D eigenvalue weighted by molar-refractivity contribution is 7.26. The normalized spacial score (nSPS) is 13.1. The van der Waals surface area contributed by atoms with E-state index in [1.165, 1.54) is 64.3 Å². The summed E-state index contributed by atoms with van der Waals surface area (Å²) in [4.78, 5) is 10.9. The minimum absolute atomic E-state index is 0.509. The van der Waals surface area contributed by atoms with E-state index in [2.05, 4.69) is 205 Å². The number of aromatic nitrogens is 3. The van der Waals surface area contributed by atoms with Crippen molar-refractivity contribution < 1.29 is 0 Å². The van der Waals surface area contributed by atoms with Gasteiger partial charge in [-0.05, 0) is 63.7 Å². The van der Waals surface area contributed by atoms with E-state index >= 15 is 0 Å². The van der Waals surface area contributed by atoms with Crippen molar-refractivity contribution >= 4 is 53.3 Å². The number of thiophene rings is 1. The van der Waals surface area contributed by atoms with Gasteiger partial charge in [0, 0.05) is 42.1 Å². The molecule has 266 valence electrons. The van der Waals surface area contributed by atoms with Crippen LogP contribution in [-0.2, 0) is 5.41 Å². The van der Waals surface area contributed by atoms with Crippen molar-refractivity contribution in [2.24, 2.45) is 0 Å². The second kappa shape index (κ2) is 12.4. The monoisotopic (exact) mass is 743 g/mol. The first-order valence-corrected chi connectivity index (χ1v) is 20.2. The summed E-state index contributed by atoms with van der Waals surface area (Å²) in [6.45, 7) is 0. The number of benzene rings is 8. The van der Waals surface area contributed by atoms with Gasteiger partial charge in [0.25, 0.3) is 0 Å². The lowest BCUT2D eigenvalue weighted by Gasteiger charge is -2.34. The smallest absolute Gasteiger partial charge is 0.235 e. The Morgan fingerprint density at radius 2 is 1.04 bits per heavy atom.